The van der Waals surface area contributed by atoms with Crippen molar-refractivity contribution in [1.82, 2.24) is 0 Å². The molecule has 124 valence electrons. The molecular formula is C22H30O. The lowest BCUT2D eigenvalue weighted by Gasteiger charge is -2.49. The van der Waals surface area contributed by atoms with Crippen LogP contribution in [0.3, 0.4) is 0 Å². The minimum atomic E-state index is 0.222. The molecule has 0 aromatic heterocycles. The zero-order chi connectivity index (χ0) is 16.4. The maximum atomic E-state index is 12.9. The second-order valence-electron chi connectivity index (χ2n) is 8.98. The van der Waals surface area contributed by atoms with Crippen LogP contribution in [0, 0.1) is 11.8 Å². The molecule has 0 amide bonds. The van der Waals surface area contributed by atoms with Gasteiger partial charge in [0.25, 0.3) is 0 Å². The van der Waals surface area contributed by atoms with Gasteiger partial charge in [-0.25, -0.2) is 0 Å². The van der Waals surface area contributed by atoms with Crippen molar-refractivity contribution in [3.63, 3.8) is 0 Å². The van der Waals surface area contributed by atoms with Crippen LogP contribution in [0.1, 0.15) is 105 Å². The monoisotopic (exact) mass is 310 g/mol. The summed E-state index contributed by atoms with van der Waals surface area (Å²) in [5, 5.41) is 0. The minimum absolute atomic E-state index is 0.222. The van der Waals surface area contributed by atoms with Gasteiger partial charge in [-0.05, 0) is 71.1 Å². The van der Waals surface area contributed by atoms with Gasteiger partial charge in [0, 0.05) is 12.0 Å². The number of carbonyl (C=O) groups is 1. The molecule has 2 fully saturated rings. The molecule has 0 saturated heterocycles. The van der Waals surface area contributed by atoms with Gasteiger partial charge in [-0.3, -0.25) is 4.79 Å². The highest BCUT2D eigenvalue weighted by molar-refractivity contribution is 6.00. The van der Waals surface area contributed by atoms with Crippen LogP contribution in [-0.2, 0) is 5.41 Å². The topological polar surface area (TPSA) is 17.1 Å². The van der Waals surface area contributed by atoms with Gasteiger partial charge in [-0.1, -0.05) is 46.6 Å². The van der Waals surface area contributed by atoms with Crippen LogP contribution in [0.2, 0.25) is 0 Å². The summed E-state index contributed by atoms with van der Waals surface area (Å²) in [5.41, 5.74) is 5.68. The predicted molar refractivity (Wildman–Crippen MR) is 95.3 cm³/mol. The van der Waals surface area contributed by atoms with Gasteiger partial charge in [0.15, 0.2) is 5.78 Å². The maximum Gasteiger partial charge on any atom is 0.163 e. The van der Waals surface area contributed by atoms with Crippen LogP contribution in [-0.4, -0.2) is 5.78 Å². The van der Waals surface area contributed by atoms with E-state index in [4.69, 9.17) is 0 Å². The number of hydrogen-bond donors (Lipinski definition) is 0. The fourth-order valence-electron chi connectivity index (χ4n) is 5.46. The van der Waals surface area contributed by atoms with Gasteiger partial charge >= 0.3 is 0 Å². The Balaban J connectivity index is 1.90. The van der Waals surface area contributed by atoms with Crippen molar-refractivity contribution in [3.05, 3.63) is 34.4 Å². The summed E-state index contributed by atoms with van der Waals surface area (Å²) < 4.78 is 0. The van der Waals surface area contributed by atoms with Crippen molar-refractivity contribution in [3.8, 4) is 0 Å². The van der Waals surface area contributed by atoms with Crippen molar-refractivity contribution < 1.29 is 4.79 Å². The van der Waals surface area contributed by atoms with E-state index in [1.54, 1.807) is 5.56 Å². The van der Waals surface area contributed by atoms with Gasteiger partial charge in [0.2, 0.25) is 0 Å². The average Bonchev–Trinajstić information content (AvgIpc) is 3.33. The largest absolute Gasteiger partial charge is 0.294 e. The third-order valence-electron chi connectivity index (χ3n) is 7.04. The highest BCUT2D eigenvalue weighted by Gasteiger charge is 2.48. The molecule has 0 spiro atoms. The predicted octanol–water partition coefficient (Wildman–Crippen LogP) is 5.97. The Morgan fingerprint density at radius 1 is 1.17 bits per heavy atom. The molecule has 23 heavy (non-hydrogen) atoms. The Bertz CT molecular complexity index is 652. The molecule has 1 aromatic rings. The number of Topliss-reactive ketones (excluding diaryl/α,β-unsaturated/α-hetero) is 1. The number of benzene rings is 1. The molecule has 0 heterocycles. The van der Waals surface area contributed by atoms with Gasteiger partial charge < -0.3 is 0 Å². The van der Waals surface area contributed by atoms with Crippen LogP contribution in [0.4, 0.5) is 0 Å². The van der Waals surface area contributed by atoms with E-state index in [9.17, 15) is 4.79 Å². The number of hydrogen-bond acceptors (Lipinski definition) is 1. The summed E-state index contributed by atoms with van der Waals surface area (Å²) in [6.07, 6.45) is 7.30. The second-order valence-corrected chi connectivity index (χ2v) is 8.98. The number of carbonyl (C=O) groups excluding carboxylic acids is 1. The summed E-state index contributed by atoms with van der Waals surface area (Å²) in [4.78, 5) is 12.9. The van der Waals surface area contributed by atoms with Crippen LogP contribution in [0.5, 0.6) is 0 Å². The quantitative estimate of drug-likeness (QED) is 0.658. The first-order valence-corrected chi connectivity index (χ1v) is 9.63. The van der Waals surface area contributed by atoms with Gasteiger partial charge in [0.1, 0.15) is 0 Å². The fraction of sp³-hybridized carbons (Fsp3) is 0.682. The summed E-state index contributed by atoms with van der Waals surface area (Å²) in [6.45, 7) is 9.36. The van der Waals surface area contributed by atoms with E-state index in [0.717, 1.165) is 17.9 Å². The van der Waals surface area contributed by atoms with Crippen molar-refractivity contribution in [2.45, 2.75) is 83.5 Å². The molecule has 2 saturated carbocycles. The first-order valence-electron chi connectivity index (χ1n) is 9.63. The molecule has 0 radical (unpaired) electrons. The van der Waals surface area contributed by atoms with Crippen molar-refractivity contribution in [2.75, 3.05) is 0 Å². The Morgan fingerprint density at radius 2 is 1.91 bits per heavy atom. The molecular weight excluding hydrogens is 280 g/mol. The van der Waals surface area contributed by atoms with Crippen molar-refractivity contribution in [2.24, 2.45) is 11.8 Å². The van der Waals surface area contributed by atoms with Crippen LogP contribution in [0.15, 0.2) is 12.1 Å². The lowest BCUT2D eigenvalue weighted by molar-refractivity contribution is 0.0756. The van der Waals surface area contributed by atoms with E-state index in [0.29, 0.717) is 23.5 Å². The Morgan fingerprint density at radius 3 is 2.57 bits per heavy atom. The highest BCUT2D eigenvalue weighted by Crippen LogP contribution is 2.54. The maximum absolute atomic E-state index is 12.9. The Kier molecular flexibility index (Phi) is 3.48. The second kappa shape index (κ2) is 5.19. The number of ketones is 1. The molecule has 1 nitrogen and oxygen atoms in total. The van der Waals surface area contributed by atoms with E-state index >= 15 is 0 Å². The summed E-state index contributed by atoms with van der Waals surface area (Å²) >= 11 is 0. The summed E-state index contributed by atoms with van der Waals surface area (Å²) in [6, 6.07) is 4.77. The molecule has 3 aliphatic rings. The molecule has 0 aliphatic heterocycles. The first-order chi connectivity index (χ1) is 10.9. The normalized spacial score (nSPS) is 33.5. The Hall–Kier alpha value is -1.11. The average molecular weight is 310 g/mol. The fourth-order valence-corrected chi connectivity index (χ4v) is 5.46. The minimum Gasteiger partial charge on any atom is -0.294 e. The SMILES string of the molecule is CC(C)c1cc2c(cc1C1CC1)C1(C)CCCC(C)C1CC2=O. The van der Waals surface area contributed by atoms with Crippen LogP contribution < -0.4 is 0 Å². The third kappa shape index (κ3) is 2.30. The molecule has 1 heteroatoms. The van der Waals surface area contributed by atoms with E-state index < -0.39 is 0 Å². The standard InChI is InChI=1S/C22H30O/c1-13(2)16-10-18-20(11-17(16)15-7-8-15)22(4)9-5-6-14(3)19(22)12-21(18)23/h10-11,13-15,19H,5-9,12H2,1-4H3. The smallest absolute Gasteiger partial charge is 0.163 e. The highest BCUT2D eigenvalue weighted by atomic mass is 16.1. The van der Waals surface area contributed by atoms with E-state index in [1.807, 2.05) is 0 Å². The molecule has 0 N–H and O–H groups in total. The van der Waals surface area contributed by atoms with Gasteiger partial charge in [0.05, 0.1) is 0 Å². The van der Waals surface area contributed by atoms with Crippen molar-refractivity contribution in [1.29, 1.82) is 0 Å². The van der Waals surface area contributed by atoms with Gasteiger partial charge in [-0.15, -0.1) is 0 Å². The van der Waals surface area contributed by atoms with Crippen molar-refractivity contribution >= 4 is 5.78 Å². The van der Waals surface area contributed by atoms with Gasteiger partial charge in [-0.2, -0.15) is 0 Å². The van der Waals surface area contributed by atoms with E-state index in [2.05, 4.69) is 39.8 Å². The molecule has 4 rings (SSSR count). The number of rotatable bonds is 2. The lowest BCUT2D eigenvalue weighted by Crippen LogP contribution is -2.45. The first kappa shape index (κ1) is 15.4. The van der Waals surface area contributed by atoms with E-state index in [-0.39, 0.29) is 5.41 Å². The lowest BCUT2D eigenvalue weighted by atomic mass is 9.54. The molecule has 3 aliphatic carbocycles. The molecule has 3 unspecified atom stereocenters. The summed E-state index contributed by atoms with van der Waals surface area (Å²) in [7, 11) is 0. The van der Waals surface area contributed by atoms with Crippen LogP contribution in [0.25, 0.3) is 0 Å². The summed E-state index contributed by atoms with van der Waals surface area (Å²) in [5.74, 6) is 2.91. The van der Waals surface area contributed by atoms with E-state index in [1.165, 1.54) is 43.2 Å². The molecule has 0 bridgehead atoms. The third-order valence-corrected chi connectivity index (χ3v) is 7.04. The molecule has 1 aromatic carbocycles. The van der Waals surface area contributed by atoms with Crippen LogP contribution >= 0.6 is 0 Å². The Labute approximate surface area is 140 Å². The molecule has 3 atom stereocenters. The zero-order valence-electron chi connectivity index (χ0n) is 15.1. The zero-order valence-corrected chi connectivity index (χ0v) is 15.1. The number of fused-ring (bicyclic) bond motifs is 3.